The zero-order chi connectivity index (χ0) is 23.8. The summed E-state index contributed by atoms with van der Waals surface area (Å²) in [6.45, 7) is 3.86. The summed E-state index contributed by atoms with van der Waals surface area (Å²) in [6.07, 6.45) is 13.8. The van der Waals surface area contributed by atoms with Gasteiger partial charge in [-0.3, -0.25) is 4.79 Å². The van der Waals surface area contributed by atoms with E-state index < -0.39 is 0 Å². The number of rotatable bonds is 13. The highest BCUT2D eigenvalue weighted by Crippen LogP contribution is 2.36. The Kier molecular flexibility index (Phi) is 9.04. The maximum absolute atomic E-state index is 12.9. The first kappa shape index (κ1) is 24.8. The van der Waals surface area contributed by atoms with Crippen molar-refractivity contribution in [1.82, 2.24) is 9.55 Å². The van der Waals surface area contributed by atoms with E-state index in [1.54, 1.807) is 0 Å². The third kappa shape index (κ3) is 6.02. The average molecular weight is 480 g/mol. The van der Waals surface area contributed by atoms with Crippen LogP contribution in [0.3, 0.4) is 0 Å². The van der Waals surface area contributed by atoms with E-state index in [-0.39, 0.29) is 11.8 Å². The molecule has 3 aromatic rings. The molecule has 0 bridgehead atoms. The molecule has 4 rings (SSSR count). The van der Waals surface area contributed by atoms with Gasteiger partial charge in [-0.25, -0.2) is 4.98 Å². The number of carbonyl (C=O) groups is 1. The standard InChI is InChI=1S/C29H38ClN3O/c1-2-3-4-5-6-7-8-9-10-15-20-32-27-19-14-12-17-25(27)31-29(32)23-21-28(34)33(22-23)26-18-13-11-16-24(26)30/h11-14,16-19,23H,2-10,15,20-22H2,1H3. The van der Waals surface area contributed by atoms with Gasteiger partial charge in [0.15, 0.2) is 0 Å². The van der Waals surface area contributed by atoms with Gasteiger partial charge in [0.2, 0.25) is 5.91 Å². The number of aromatic nitrogens is 2. The molecule has 0 spiro atoms. The maximum atomic E-state index is 12.9. The highest BCUT2D eigenvalue weighted by molar-refractivity contribution is 6.33. The lowest BCUT2D eigenvalue weighted by atomic mass is 10.1. The van der Waals surface area contributed by atoms with Gasteiger partial charge < -0.3 is 9.47 Å². The van der Waals surface area contributed by atoms with Crippen LogP contribution in [0.5, 0.6) is 0 Å². The number of halogens is 1. The molecule has 1 aromatic heterocycles. The zero-order valence-corrected chi connectivity index (χ0v) is 21.3. The van der Waals surface area contributed by atoms with Crippen molar-refractivity contribution in [3.8, 4) is 0 Å². The van der Waals surface area contributed by atoms with Crippen molar-refractivity contribution < 1.29 is 4.79 Å². The highest BCUT2D eigenvalue weighted by atomic mass is 35.5. The summed E-state index contributed by atoms with van der Waals surface area (Å²) in [7, 11) is 0. The van der Waals surface area contributed by atoms with E-state index in [0.29, 0.717) is 18.0 Å². The SMILES string of the molecule is CCCCCCCCCCCCn1c(C2CC(=O)N(c3ccccc3Cl)C2)nc2ccccc21. The van der Waals surface area contributed by atoms with Crippen molar-refractivity contribution >= 4 is 34.2 Å². The van der Waals surface area contributed by atoms with Crippen molar-refractivity contribution in [2.45, 2.75) is 90.0 Å². The molecular formula is C29H38ClN3O. The fourth-order valence-electron chi connectivity index (χ4n) is 5.18. The predicted molar refractivity (Wildman–Crippen MR) is 143 cm³/mol. The second-order valence-corrected chi connectivity index (χ2v) is 10.1. The van der Waals surface area contributed by atoms with Crippen LogP contribution in [-0.4, -0.2) is 22.0 Å². The number of imidazole rings is 1. The Morgan fingerprint density at radius 3 is 2.26 bits per heavy atom. The van der Waals surface area contributed by atoms with Crippen molar-refractivity contribution in [3.63, 3.8) is 0 Å². The van der Waals surface area contributed by atoms with E-state index in [0.717, 1.165) is 30.0 Å². The number of aryl methyl sites for hydroxylation is 1. The van der Waals surface area contributed by atoms with Gasteiger partial charge in [-0.05, 0) is 30.7 Å². The molecule has 0 N–H and O–H groups in total. The van der Waals surface area contributed by atoms with Crippen LogP contribution in [0, 0.1) is 0 Å². The van der Waals surface area contributed by atoms with Gasteiger partial charge in [-0.2, -0.15) is 0 Å². The molecule has 182 valence electrons. The normalized spacial score (nSPS) is 16.1. The van der Waals surface area contributed by atoms with Crippen LogP contribution in [0.4, 0.5) is 5.69 Å². The Balaban J connectivity index is 1.37. The van der Waals surface area contributed by atoms with Gasteiger partial charge in [0.1, 0.15) is 5.82 Å². The number of nitrogens with zero attached hydrogens (tertiary/aromatic N) is 3. The summed E-state index contributed by atoms with van der Waals surface area (Å²) in [4.78, 5) is 19.7. The zero-order valence-electron chi connectivity index (χ0n) is 20.5. The number of anilines is 1. The van der Waals surface area contributed by atoms with Gasteiger partial charge in [0.25, 0.3) is 0 Å². The Morgan fingerprint density at radius 1 is 0.882 bits per heavy atom. The second-order valence-electron chi connectivity index (χ2n) is 9.65. The van der Waals surface area contributed by atoms with E-state index in [4.69, 9.17) is 16.6 Å². The molecule has 4 nitrogen and oxygen atoms in total. The van der Waals surface area contributed by atoms with Crippen LogP contribution >= 0.6 is 11.6 Å². The predicted octanol–water partition coefficient (Wildman–Crippen LogP) is 8.13. The first-order valence-corrected chi connectivity index (χ1v) is 13.6. The van der Waals surface area contributed by atoms with E-state index in [9.17, 15) is 4.79 Å². The number of amides is 1. The minimum atomic E-state index is 0.0827. The summed E-state index contributed by atoms with van der Waals surface area (Å²) in [5.41, 5.74) is 3.00. The van der Waals surface area contributed by atoms with Gasteiger partial charge >= 0.3 is 0 Å². The molecule has 1 atom stereocenters. The number of benzene rings is 2. The van der Waals surface area contributed by atoms with Crippen molar-refractivity contribution in [3.05, 3.63) is 59.4 Å². The lowest BCUT2D eigenvalue weighted by molar-refractivity contribution is -0.117. The van der Waals surface area contributed by atoms with Crippen molar-refractivity contribution in [2.24, 2.45) is 0 Å². The average Bonchev–Trinajstić information content (AvgIpc) is 3.41. The van der Waals surface area contributed by atoms with Crippen LogP contribution < -0.4 is 4.90 Å². The molecule has 1 aliphatic heterocycles. The third-order valence-electron chi connectivity index (χ3n) is 7.05. The fourth-order valence-corrected chi connectivity index (χ4v) is 5.42. The van der Waals surface area contributed by atoms with Crippen LogP contribution in [0.15, 0.2) is 48.5 Å². The van der Waals surface area contributed by atoms with Crippen LogP contribution in [-0.2, 0) is 11.3 Å². The van der Waals surface area contributed by atoms with Gasteiger partial charge in [0, 0.05) is 25.4 Å². The minimum Gasteiger partial charge on any atom is -0.328 e. The molecule has 0 radical (unpaired) electrons. The number of unbranched alkanes of at least 4 members (excludes halogenated alkanes) is 9. The van der Waals surface area contributed by atoms with Crippen LogP contribution in [0.1, 0.15) is 89.3 Å². The molecule has 1 fully saturated rings. The van der Waals surface area contributed by atoms with Crippen LogP contribution in [0.25, 0.3) is 11.0 Å². The molecular weight excluding hydrogens is 442 g/mol. The Hall–Kier alpha value is -2.33. The number of hydrogen-bond donors (Lipinski definition) is 0. The quantitative estimate of drug-likeness (QED) is 0.232. The van der Waals surface area contributed by atoms with Crippen LogP contribution in [0.2, 0.25) is 5.02 Å². The third-order valence-corrected chi connectivity index (χ3v) is 7.37. The molecule has 2 heterocycles. The number of carbonyl (C=O) groups excluding carboxylic acids is 1. The highest BCUT2D eigenvalue weighted by Gasteiger charge is 2.35. The summed E-state index contributed by atoms with van der Waals surface area (Å²) >= 11 is 6.40. The van der Waals surface area contributed by atoms with Gasteiger partial charge in [0.05, 0.1) is 21.7 Å². The Bertz CT molecular complexity index is 1080. The smallest absolute Gasteiger partial charge is 0.227 e. The maximum Gasteiger partial charge on any atom is 0.227 e. The molecule has 1 aliphatic rings. The second kappa shape index (κ2) is 12.4. The lowest BCUT2D eigenvalue weighted by Gasteiger charge is -2.18. The lowest BCUT2D eigenvalue weighted by Crippen LogP contribution is -2.24. The number of hydrogen-bond acceptors (Lipinski definition) is 2. The van der Waals surface area contributed by atoms with E-state index in [1.165, 1.54) is 63.3 Å². The largest absolute Gasteiger partial charge is 0.328 e. The Morgan fingerprint density at radius 2 is 1.53 bits per heavy atom. The van der Waals surface area contributed by atoms with E-state index >= 15 is 0 Å². The first-order chi connectivity index (χ1) is 16.7. The monoisotopic (exact) mass is 479 g/mol. The molecule has 1 unspecified atom stereocenters. The summed E-state index contributed by atoms with van der Waals surface area (Å²) < 4.78 is 2.37. The van der Waals surface area contributed by atoms with Gasteiger partial charge in [-0.15, -0.1) is 0 Å². The summed E-state index contributed by atoms with van der Waals surface area (Å²) in [6, 6.07) is 16.0. The fraction of sp³-hybridized carbons (Fsp3) is 0.517. The number of fused-ring (bicyclic) bond motifs is 1. The summed E-state index contributed by atoms with van der Waals surface area (Å²) in [5, 5.41) is 0.621. The number of para-hydroxylation sites is 3. The van der Waals surface area contributed by atoms with Crippen molar-refractivity contribution in [2.75, 3.05) is 11.4 Å². The Labute approximate surface area is 209 Å². The molecule has 34 heavy (non-hydrogen) atoms. The molecule has 1 saturated heterocycles. The van der Waals surface area contributed by atoms with E-state index in [2.05, 4.69) is 29.7 Å². The molecule has 2 aromatic carbocycles. The molecule has 0 saturated carbocycles. The topological polar surface area (TPSA) is 38.1 Å². The van der Waals surface area contributed by atoms with Crippen molar-refractivity contribution in [1.29, 1.82) is 0 Å². The molecule has 1 amide bonds. The molecule has 0 aliphatic carbocycles. The molecule has 5 heteroatoms. The van der Waals surface area contributed by atoms with Gasteiger partial charge in [-0.1, -0.05) is 101 Å². The minimum absolute atomic E-state index is 0.0827. The van der Waals surface area contributed by atoms with E-state index in [1.807, 2.05) is 35.2 Å². The summed E-state index contributed by atoms with van der Waals surface area (Å²) in [5.74, 6) is 1.25. The first-order valence-electron chi connectivity index (χ1n) is 13.2.